The summed E-state index contributed by atoms with van der Waals surface area (Å²) in [5.74, 6) is 0.931. The van der Waals surface area contributed by atoms with E-state index in [0.717, 1.165) is 67.1 Å². The lowest BCUT2D eigenvalue weighted by atomic mass is 10.3. The van der Waals surface area contributed by atoms with Gasteiger partial charge in [0, 0.05) is 32.7 Å². The number of hydrogen-bond donors (Lipinski definition) is 1. The molecule has 7 heteroatoms. The number of likely N-dealkylation sites (N-methyl/N-ethyl adjacent to an activating group) is 1. The summed E-state index contributed by atoms with van der Waals surface area (Å²) in [6, 6.07) is 0. The van der Waals surface area contributed by atoms with Crippen LogP contribution in [0.4, 0.5) is 5.13 Å². The zero-order chi connectivity index (χ0) is 16.2. The van der Waals surface area contributed by atoms with Crippen LogP contribution in [0, 0.1) is 0 Å². The van der Waals surface area contributed by atoms with E-state index in [4.69, 9.17) is 0 Å². The van der Waals surface area contributed by atoms with Crippen LogP contribution >= 0.6 is 11.3 Å². The fourth-order valence-corrected chi connectivity index (χ4v) is 3.79. The number of piperazine rings is 1. The SMILES string of the molecule is CCCCn1c(CO)cnc1-c1cnc(N2CCN(C)CC2)s1. The maximum atomic E-state index is 9.53. The maximum Gasteiger partial charge on any atom is 0.186 e. The number of aliphatic hydroxyl groups excluding tert-OH is 1. The first-order valence-corrected chi connectivity index (χ1v) is 9.09. The monoisotopic (exact) mass is 335 g/mol. The summed E-state index contributed by atoms with van der Waals surface area (Å²) >= 11 is 1.70. The average Bonchev–Trinajstić information content (AvgIpc) is 3.19. The summed E-state index contributed by atoms with van der Waals surface area (Å²) in [5.41, 5.74) is 0.878. The third-order valence-corrected chi connectivity index (χ3v) is 5.38. The molecule has 0 amide bonds. The van der Waals surface area contributed by atoms with Gasteiger partial charge in [-0.2, -0.15) is 0 Å². The van der Waals surface area contributed by atoms with Gasteiger partial charge in [-0.15, -0.1) is 0 Å². The second-order valence-corrected chi connectivity index (χ2v) is 7.04. The topological polar surface area (TPSA) is 57.4 Å². The van der Waals surface area contributed by atoms with E-state index in [-0.39, 0.29) is 6.61 Å². The predicted molar refractivity (Wildman–Crippen MR) is 93.9 cm³/mol. The van der Waals surface area contributed by atoms with Crippen molar-refractivity contribution in [3.63, 3.8) is 0 Å². The van der Waals surface area contributed by atoms with E-state index in [2.05, 4.69) is 38.3 Å². The summed E-state index contributed by atoms with van der Waals surface area (Å²) in [5, 5.41) is 10.6. The molecule has 0 aromatic carbocycles. The van der Waals surface area contributed by atoms with Gasteiger partial charge in [-0.1, -0.05) is 24.7 Å². The van der Waals surface area contributed by atoms with Crippen LogP contribution in [0.1, 0.15) is 25.5 Å². The molecule has 2 aromatic heterocycles. The van der Waals surface area contributed by atoms with Crippen molar-refractivity contribution < 1.29 is 5.11 Å². The van der Waals surface area contributed by atoms with Crippen LogP contribution in [0.2, 0.25) is 0 Å². The van der Waals surface area contributed by atoms with Crippen molar-refractivity contribution in [3.8, 4) is 10.7 Å². The molecule has 0 aliphatic carbocycles. The molecule has 0 atom stereocenters. The fourth-order valence-electron chi connectivity index (χ4n) is 2.81. The van der Waals surface area contributed by atoms with Gasteiger partial charge >= 0.3 is 0 Å². The van der Waals surface area contributed by atoms with Gasteiger partial charge in [0.05, 0.1) is 29.6 Å². The summed E-state index contributed by atoms with van der Waals surface area (Å²) in [4.78, 5) is 14.9. The van der Waals surface area contributed by atoms with E-state index in [1.807, 2.05) is 6.20 Å². The van der Waals surface area contributed by atoms with Gasteiger partial charge in [0.15, 0.2) is 11.0 Å². The quantitative estimate of drug-likeness (QED) is 0.875. The minimum absolute atomic E-state index is 0.0286. The predicted octanol–water partition coefficient (Wildman–Crippen LogP) is 2.05. The van der Waals surface area contributed by atoms with Crippen LogP contribution in [-0.2, 0) is 13.2 Å². The fraction of sp³-hybridized carbons (Fsp3) is 0.625. The van der Waals surface area contributed by atoms with Crippen LogP contribution in [0.15, 0.2) is 12.4 Å². The Morgan fingerprint density at radius 2 is 1.96 bits per heavy atom. The number of anilines is 1. The largest absolute Gasteiger partial charge is 0.390 e. The van der Waals surface area contributed by atoms with Gasteiger partial charge < -0.3 is 19.5 Å². The van der Waals surface area contributed by atoms with E-state index in [1.165, 1.54) is 0 Å². The molecule has 2 aromatic rings. The number of nitrogens with zero attached hydrogens (tertiary/aromatic N) is 5. The second kappa shape index (κ2) is 7.42. The molecule has 1 fully saturated rings. The van der Waals surface area contributed by atoms with Gasteiger partial charge in [-0.25, -0.2) is 9.97 Å². The molecule has 1 saturated heterocycles. The number of thiazole rings is 1. The molecule has 6 nitrogen and oxygen atoms in total. The Morgan fingerprint density at radius 3 is 2.65 bits per heavy atom. The standard InChI is InChI=1S/C16H25N5OS/c1-3-4-5-21-13(12-22)10-17-15(21)14-11-18-16(23-14)20-8-6-19(2)7-9-20/h10-11,22H,3-9,12H2,1-2H3. The number of aliphatic hydroxyl groups is 1. The van der Waals surface area contributed by atoms with Crippen LogP contribution < -0.4 is 4.90 Å². The van der Waals surface area contributed by atoms with E-state index in [9.17, 15) is 5.11 Å². The molecule has 0 unspecified atom stereocenters. The molecular weight excluding hydrogens is 310 g/mol. The molecule has 3 heterocycles. The lowest BCUT2D eigenvalue weighted by Gasteiger charge is -2.32. The highest BCUT2D eigenvalue weighted by atomic mass is 32.1. The van der Waals surface area contributed by atoms with Crippen molar-refractivity contribution in [2.24, 2.45) is 0 Å². The third-order valence-electron chi connectivity index (χ3n) is 4.32. The number of aromatic nitrogens is 3. The van der Waals surface area contributed by atoms with Gasteiger partial charge in [-0.3, -0.25) is 0 Å². The van der Waals surface area contributed by atoms with Crippen LogP contribution in [-0.4, -0.2) is 57.8 Å². The number of rotatable bonds is 6. The molecule has 126 valence electrons. The summed E-state index contributed by atoms with van der Waals surface area (Å²) in [7, 11) is 2.16. The zero-order valence-corrected chi connectivity index (χ0v) is 14.7. The van der Waals surface area contributed by atoms with Crippen molar-refractivity contribution in [1.29, 1.82) is 0 Å². The van der Waals surface area contributed by atoms with E-state index >= 15 is 0 Å². The molecule has 0 saturated carbocycles. The van der Waals surface area contributed by atoms with E-state index < -0.39 is 0 Å². The van der Waals surface area contributed by atoms with Crippen LogP contribution in [0.25, 0.3) is 10.7 Å². The Kier molecular flexibility index (Phi) is 5.30. The molecule has 0 radical (unpaired) electrons. The molecule has 1 aliphatic rings. The lowest BCUT2D eigenvalue weighted by molar-refractivity contribution is 0.270. The third kappa shape index (κ3) is 3.57. The molecule has 3 rings (SSSR count). The van der Waals surface area contributed by atoms with Crippen molar-refractivity contribution in [3.05, 3.63) is 18.1 Å². The summed E-state index contributed by atoms with van der Waals surface area (Å²) in [6.07, 6.45) is 5.91. The Bertz CT molecular complexity index is 630. The Balaban J connectivity index is 1.81. The van der Waals surface area contributed by atoms with E-state index in [1.54, 1.807) is 17.5 Å². The van der Waals surface area contributed by atoms with Gasteiger partial charge in [-0.05, 0) is 13.5 Å². The molecule has 0 spiro atoms. The minimum Gasteiger partial charge on any atom is -0.390 e. The Labute approximate surface area is 141 Å². The van der Waals surface area contributed by atoms with Crippen molar-refractivity contribution in [1.82, 2.24) is 19.4 Å². The zero-order valence-electron chi connectivity index (χ0n) is 13.9. The molecule has 1 N–H and O–H groups in total. The highest BCUT2D eigenvalue weighted by molar-refractivity contribution is 7.18. The van der Waals surface area contributed by atoms with Crippen LogP contribution in [0.5, 0.6) is 0 Å². The first-order valence-electron chi connectivity index (χ1n) is 8.28. The number of unbranched alkanes of at least 4 members (excludes halogenated alkanes) is 1. The Hall–Kier alpha value is -1.44. The maximum absolute atomic E-state index is 9.53. The van der Waals surface area contributed by atoms with Crippen molar-refractivity contribution >= 4 is 16.5 Å². The summed E-state index contributed by atoms with van der Waals surface area (Å²) in [6.45, 7) is 7.30. The summed E-state index contributed by atoms with van der Waals surface area (Å²) < 4.78 is 2.13. The highest BCUT2D eigenvalue weighted by Gasteiger charge is 2.19. The molecule has 23 heavy (non-hydrogen) atoms. The van der Waals surface area contributed by atoms with E-state index in [0.29, 0.717) is 0 Å². The number of imidazole rings is 1. The molecule has 0 bridgehead atoms. The number of hydrogen-bond acceptors (Lipinski definition) is 6. The van der Waals surface area contributed by atoms with Gasteiger partial charge in [0.25, 0.3) is 0 Å². The second-order valence-electron chi connectivity index (χ2n) is 6.03. The first kappa shape index (κ1) is 16.4. The molecular formula is C16H25N5OS. The van der Waals surface area contributed by atoms with Crippen molar-refractivity contribution in [2.45, 2.75) is 32.9 Å². The first-order chi connectivity index (χ1) is 11.2. The van der Waals surface area contributed by atoms with Crippen LogP contribution in [0.3, 0.4) is 0 Å². The van der Waals surface area contributed by atoms with Gasteiger partial charge in [0.2, 0.25) is 0 Å². The lowest BCUT2D eigenvalue weighted by Crippen LogP contribution is -2.44. The minimum atomic E-state index is 0.0286. The normalized spacial score (nSPS) is 16.2. The Morgan fingerprint density at radius 1 is 1.17 bits per heavy atom. The smallest absolute Gasteiger partial charge is 0.186 e. The highest BCUT2D eigenvalue weighted by Crippen LogP contribution is 2.31. The van der Waals surface area contributed by atoms with Gasteiger partial charge in [0.1, 0.15) is 0 Å². The van der Waals surface area contributed by atoms with Crippen molar-refractivity contribution in [2.75, 3.05) is 38.1 Å². The average molecular weight is 335 g/mol. The molecule has 1 aliphatic heterocycles.